The number of benzene rings is 1. The molecule has 1 rings (SSSR count). The molecular weight excluding hydrogens is 326 g/mol. The molecule has 0 atom stereocenters. The highest BCUT2D eigenvalue weighted by atomic mass is 17.0. The zero-order valence-electron chi connectivity index (χ0n) is 13.1. The maximum absolute atomic E-state index is 11.8. The Bertz CT molecular complexity index is 535. The standard InChI is InChI=1S/C14H19NO9/c1-20-13-10-11(2-3-12(13)16)14(17)23-8-6-21-4-5-22-7-9-24-15(18)19/h2-3,10,16H,4-9H2,1H3. The maximum atomic E-state index is 11.8. The van der Waals surface area contributed by atoms with E-state index in [4.69, 9.17) is 18.9 Å². The Morgan fingerprint density at radius 3 is 2.38 bits per heavy atom. The van der Waals surface area contributed by atoms with E-state index in [0.717, 1.165) is 0 Å². The van der Waals surface area contributed by atoms with E-state index >= 15 is 0 Å². The predicted molar refractivity (Wildman–Crippen MR) is 79.5 cm³/mol. The second-order valence-corrected chi connectivity index (χ2v) is 4.30. The molecule has 0 saturated carbocycles. The Labute approximate surface area is 137 Å². The summed E-state index contributed by atoms with van der Waals surface area (Å²) < 4.78 is 20.1. The van der Waals surface area contributed by atoms with Gasteiger partial charge in [0.25, 0.3) is 5.09 Å². The van der Waals surface area contributed by atoms with Gasteiger partial charge >= 0.3 is 5.97 Å². The molecule has 0 spiro atoms. The van der Waals surface area contributed by atoms with Gasteiger partial charge in [0.1, 0.15) is 13.2 Å². The van der Waals surface area contributed by atoms with Gasteiger partial charge in [0.2, 0.25) is 0 Å². The van der Waals surface area contributed by atoms with Crippen LogP contribution in [0.1, 0.15) is 10.4 Å². The van der Waals surface area contributed by atoms with Crippen molar-refractivity contribution in [2.24, 2.45) is 0 Å². The molecule has 1 aromatic rings. The third kappa shape index (κ3) is 7.61. The highest BCUT2D eigenvalue weighted by Crippen LogP contribution is 2.26. The SMILES string of the molecule is COc1cc(C(=O)OCCOCCOCCO[N+](=O)[O-])ccc1O. The monoisotopic (exact) mass is 345 g/mol. The lowest BCUT2D eigenvalue weighted by Gasteiger charge is -2.08. The number of hydrogen-bond donors (Lipinski definition) is 1. The molecule has 134 valence electrons. The van der Waals surface area contributed by atoms with Gasteiger partial charge in [-0.05, 0) is 18.2 Å². The molecule has 1 N–H and O–H groups in total. The summed E-state index contributed by atoms with van der Waals surface area (Å²) in [7, 11) is 1.38. The van der Waals surface area contributed by atoms with Crippen LogP contribution in [0.15, 0.2) is 18.2 Å². The van der Waals surface area contributed by atoms with Crippen molar-refractivity contribution in [1.82, 2.24) is 0 Å². The van der Waals surface area contributed by atoms with Crippen LogP contribution in [0.25, 0.3) is 0 Å². The molecule has 10 nitrogen and oxygen atoms in total. The third-order valence-electron chi connectivity index (χ3n) is 2.67. The number of phenolic OH excluding ortho intramolecular Hbond substituents is 1. The minimum Gasteiger partial charge on any atom is -0.504 e. The summed E-state index contributed by atoms with van der Waals surface area (Å²) in [5.74, 6) is -0.454. The second kappa shape index (κ2) is 11.0. The van der Waals surface area contributed by atoms with Crippen molar-refractivity contribution in [1.29, 1.82) is 0 Å². The summed E-state index contributed by atoms with van der Waals surface area (Å²) in [6, 6.07) is 4.13. The van der Waals surface area contributed by atoms with Crippen molar-refractivity contribution in [3.05, 3.63) is 33.9 Å². The minimum absolute atomic E-state index is 0.0481. The van der Waals surface area contributed by atoms with Gasteiger partial charge in [-0.15, -0.1) is 10.1 Å². The summed E-state index contributed by atoms with van der Waals surface area (Å²) in [4.78, 5) is 25.7. The quantitative estimate of drug-likeness (QED) is 0.253. The van der Waals surface area contributed by atoms with E-state index in [1.54, 1.807) is 0 Å². The largest absolute Gasteiger partial charge is 0.504 e. The van der Waals surface area contributed by atoms with Gasteiger partial charge in [-0.2, -0.15) is 0 Å². The smallest absolute Gasteiger partial charge is 0.338 e. The van der Waals surface area contributed by atoms with Crippen LogP contribution < -0.4 is 4.74 Å². The lowest BCUT2D eigenvalue weighted by atomic mass is 10.2. The molecule has 0 aliphatic carbocycles. The number of carbonyl (C=O) groups is 1. The van der Waals surface area contributed by atoms with Crippen LogP contribution in [0.5, 0.6) is 11.5 Å². The molecule has 1 aromatic carbocycles. The van der Waals surface area contributed by atoms with Crippen molar-refractivity contribution < 1.29 is 38.8 Å². The zero-order valence-corrected chi connectivity index (χ0v) is 13.1. The number of phenols is 1. The molecule has 0 aliphatic rings. The molecule has 0 radical (unpaired) electrons. The maximum Gasteiger partial charge on any atom is 0.338 e. The third-order valence-corrected chi connectivity index (χ3v) is 2.67. The lowest BCUT2D eigenvalue weighted by Crippen LogP contribution is -2.14. The number of ether oxygens (including phenoxy) is 4. The summed E-state index contributed by atoms with van der Waals surface area (Å²) in [6.07, 6.45) is 0. The molecule has 0 heterocycles. The molecule has 0 saturated heterocycles. The average Bonchev–Trinajstić information content (AvgIpc) is 2.56. The van der Waals surface area contributed by atoms with Crippen LogP contribution >= 0.6 is 0 Å². The Hall–Kier alpha value is -2.59. The average molecular weight is 345 g/mol. The van der Waals surface area contributed by atoms with E-state index in [0.29, 0.717) is 0 Å². The first-order chi connectivity index (χ1) is 11.5. The Morgan fingerprint density at radius 2 is 1.75 bits per heavy atom. The molecule has 0 aliphatic heterocycles. The van der Waals surface area contributed by atoms with Gasteiger partial charge in [-0.25, -0.2) is 4.79 Å². The summed E-state index contributed by atoms with van der Waals surface area (Å²) in [6.45, 7) is 0.665. The number of hydrogen-bond acceptors (Lipinski definition) is 9. The minimum atomic E-state index is -0.891. The van der Waals surface area contributed by atoms with Gasteiger partial charge < -0.3 is 28.9 Å². The number of esters is 1. The van der Waals surface area contributed by atoms with Gasteiger partial charge in [0.05, 0.1) is 39.1 Å². The fourth-order valence-electron chi connectivity index (χ4n) is 1.57. The van der Waals surface area contributed by atoms with Crippen molar-refractivity contribution in [3.8, 4) is 11.5 Å². The molecule has 24 heavy (non-hydrogen) atoms. The summed E-state index contributed by atoms with van der Waals surface area (Å²) >= 11 is 0. The summed E-state index contributed by atoms with van der Waals surface area (Å²) in [5.41, 5.74) is 0.249. The normalized spacial score (nSPS) is 10.2. The van der Waals surface area contributed by atoms with E-state index in [1.807, 2.05) is 0 Å². The Kier molecular flexibility index (Phi) is 8.94. The van der Waals surface area contributed by atoms with E-state index in [9.17, 15) is 20.0 Å². The molecule has 10 heteroatoms. The van der Waals surface area contributed by atoms with Gasteiger partial charge in [0.15, 0.2) is 11.5 Å². The summed E-state index contributed by atoms with van der Waals surface area (Å²) in [5, 5.41) is 18.4. The predicted octanol–water partition coefficient (Wildman–Crippen LogP) is 0.799. The topological polar surface area (TPSA) is 127 Å². The van der Waals surface area contributed by atoms with E-state index in [-0.39, 0.29) is 56.7 Å². The van der Waals surface area contributed by atoms with E-state index in [1.165, 1.54) is 25.3 Å². The second-order valence-electron chi connectivity index (χ2n) is 4.30. The molecule has 0 amide bonds. The van der Waals surface area contributed by atoms with Crippen LogP contribution in [-0.4, -0.2) is 62.9 Å². The van der Waals surface area contributed by atoms with Crippen molar-refractivity contribution in [3.63, 3.8) is 0 Å². The zero-order chi connectivity index (χ0) is 17.8. The van der Waals surface area contributed by atoms with Crippen molar-refractivity contribution in [2.75, 3.05) is 46.8 Å². The fourth-order valence-corrected chi connectivity index (χ4v) is 1.57. The number of nitrogens with zero attached hydrogens (tertiary/aromatic N) is 1. The van der Waals surface area contributed by atoms with Gasteiger partial charge in [-0.3, -0.25) is 0 Å². The van der Waals surface area contributed by atoms with Gasteiger partial charge in [-0.1, -0.05) is 0 Å². The number of rotatable bonds is 12. The number of methoxy groups -OCH3 is 1. The van der Waals surface area contributed by atoms with Crippen molar-refractivity contribution >= 4 is 5.97 Å². The highest BCUT2D eigenvalue weighted by molar-refractivity contribution is 5.90. The van der Waals surface area contributed by atoms with Crippen LogP contribution in [0.3, 0.4) is 0 Å². The first-order valence-corrected chi connectivity index (χ1v) is 7.01. The van der Waals surface area contributed by atoms with E-state index in [2.05, 4.69) is 4.84 Å². The van der Waals surface area contributed by atoms with Gasteiger partial charge in [0, 0.05) is 0 Å². The van der Waals surface area contributed by atoms with Crippen LogP contribution in [0.2, 0.25) is 0 Å². The first-order valence-electron chi connectivity index (χ1n) is 7.01. The molecule has 0 unspecified atom stereocenters. The number of carbonyl (C=O) groups excluding carboxylic acids is 1. The Balaban J connectivity index is 2.09. The van der Waals surface area contributed by atoms with Crippen LogP contribution in [0, 0.1) is 10.1 Å². The van der Waals surface area contributed by atoms with E-state index < -0.39 is 11.1 Å². The van der Waals surface area contributed by atoms with Crippen LogP contribution in [-0.2, 0) is 19.0 Å². The lowest BCUT2D eigenvalue weighted by molar-refractivity contribution is -0.758. The van der Waals surface area contributed by atoms with Crippen LogP contribution in [0.4, 0.5) is 0 Å². The molecular formula is C14H19NO9. The van der Waals surface area contributed by atoms with Crippen molar-refractivity contribution in [2.45, 2.75) is 0 Å². The Morgan fingerprint density at radius 1 is 1.12 bits per heavy atom. The molecule has 0 bridgehead atoms. The molecule has 0 fully saturated rings. The molecule has 0 aromatic heterocycles. The first kappa shape index (κ1) is 19.5. The highest BCUT2D eigenvalue weighted by Gasteiger charge is 2.10. The fraction of sp³-hybridized carbons (Fsp3) is 0.500. The number of aromatic hydroxyl groups is 1.